The van der Waals surface area contributed by atoms with Crippen molar-refractivity contribution < 1.29 is 9.53 Å². The van der Waals surface area contributed by atoms with Crippen molar-refractivity contribution in [3.8, 4) is 5.75 Å². The maximum atomic E-state index is 12.3. The summed E-state index contributed by atoms with van der Waals surface area (Å²) in [5.41, 5.74) is 3.28. The highest BCUT2D eigenvalue weighted by atomic mass is 16.5. The van der Waals surface area contributed by atoms with Gasteiger partial charge in [-0.25, -0.2) is 0 Å². The number of hydrogen-bond acceptors (Lipinski definition) is 3. The lowest BCUT2D eigenvalue weighted by molar-refractivity contribution is -0.115. The number of anilines is 2. The molecule has 0 aliphatic carbocycles. The fraction of sp³-hybridized carbons (Fsp3) is 0.350. The van der Waals surface area contributed by atoms with Crippen molar-refractivity contribution in [3.63, 3.8) is 0 Å². The molecule has 1 N–H and O–H groups in total. The van der Waals surface area contributed by atoms with Crippen molar-refractivity contribution in [2.24, 2.45) is 5.92 Å². The van der Waals surface area contributed by atoms with Crippen LogP contribution in [0.2, 0.25) is 0 Å². The van der Waals surface area contributed by atoms with Crippen LogP contribution < -0.4 is 15.0 Å². The zero-order valence-corrected chi connectivity index (χ0v) is 14.3. The summed E-state index contributed by atoms with van der Waals surface area (Å²) in [6.45, 7) is 6.20. The quantitative estimate of drug-likeness (QED) is 0.880. The van der Waals surface area contributed by atoms with Gasteiger partial charge in [-0.2, -0.15) is 0 Å². The minimum Gasteiger partial charge on any atom is -0.493 e. The van der Waals surface area contributed by atoms with Gasteiger partial charge < -0.3 is 15.0 Å². The molecule has 0 saturated carbocycles. The van der Waals surface area contributed by atoms with Crippen LogP contribution in [-0.2, 0) is 11.2 Å². The van der Waals surface area contributed by atoms with Crippen molar-refractivity contribution in [2.75, 3.05) is 29.9 Å². The highest BCUT2D eigenvalue weighted by Gasteiger charge is 2.20. The summed E-state index contributed by atoms with van der Waals surface area (Å²) in [5.74, 6) is 1.32. The minimum atomic E-state index is 0.00236. The van der Waals surface area contributed by atoms with Crippen molar-refractivity contribution in [3.05, 3.63) is 54.1 Å². The number of rotatable bonds is 6. The number of carbonyl (C=O) groups excluding carboxylic acids is 1. The standard InChI is InChI=1S/C20H24N2O2/c1-15(2)14-24-18-9-7-17(8-10-18)21-20(23)13-22-12-11-16-5-3-4-6-19(16)22/h3-10,15H,11-14H2,1-2H3,(H,21,23). The molecule has 3 rings (SSSR count). The summed E-state index contributed by atoms with van der Waals surface area (Å²) in [7, 11) is 0. The van der Waals surface area contributed by atoms with E-state index in [1.165, 1.54) is 11.3 Å². The molecule has 4 nitrogen and oxygen atoms in total. The molecule has 0 saturated heterocycles. The maximum Gasteiger partial charge on any atom is 0.243 e. The Hall–Kier alpha value is -2.49. The van der Waals surface area contributed by atoms with Crippen LogP contribution >= 0.6 is 0 Å². The summed E-state index contributed by atoms with van der Waals surface area (Å²) in [6, 6.07) is 15.8. The predicted molar refractivity (Wildman–Crippen MR) is 97.8 cm³/mol. The Morgan fingerprint density at radius 3 is 2.67 bits per heavy atom. The van der Waals surface area contributed by atoms with Gasteiger partial charge in [-0.15, -0.1) is 0 Å². The Labute approximate surface area is 143 Å². The number of hydrogen-bond donors (Lipinski definition) is 1. The molecular weight excluding hydrogens is 300 g/mol. The van der Waals surface area contributed by atoms with E-state index < -0.39 is 0 Å². The van der Waals surface area contributed by atoms with Crippen LogP contribution in [0.5, 0.6) is 5.75 Å². The van der Waals surface area contributed by atoms with Crippen LogP contribution in [0.1, 0.15) is 19.4 Å². The summed E-state index contributed by atoms with van der Waals surface area (Å²) in [4.78, 5) is 14.4. The van der Waals surface area contributed by atoms with E-state index in [-0.39, 0.29) is 5.91 Å². The van der Waals surface area contributed by atoms with E-state index in [4.69, 9.17) is 4.74 Å². The highest BCUT2D eigenvalue weighted by Crippen LogP contribution is 2.27. The molecule has 0 fully saturated rings. The summed E-state index contributed by atoms with van der Waals surface area (Å²) >= 11 is 0. The summed E-state index contributed by atoms with van der Waals surface area (Å²) in [5, 5.41) is 2.96. The van der Waals surface area contributed by atoms with E-state index in [1.807, 2.05) is 36.4 Å². The lowest BCUT2D eigenvalue weighted by Crippen LogP contribution is -2.31. The average molecular weight is 324 g/mol. The van der Waals surface area contributed by atoms with Gasteiger partial charge in [0.05, 0.1) is 13.2 Å². The molecule has 2 aromatic rings. The van der Waals surface area contributed by atoms with Crippen LogP contribution in [0.3, 0.4) is 0 Å². The largest absolute Gasteiger partial charge is 0.493 e. The first-order chi connectivity index (χ1) is 11.6. The first-order valence-corrected chi connectivity index (χ1v) is 8.47. The van der Waals surface area contributed by atoms with Crippen molar-refractivity contribution in [1.82, 2.24) is 0 Å². The molecule has 0 atom stereocenters. The van der Waals surface area contributed by atoms with Crippen LogP contribution in [0.15, 0.2) is 48.5 Å². The second kappa shape index (κ2) is 7.39. The molecule has 1 aliphatic rings. The third-order valence-corrected chi connectivity index (χ3v) is 4.04. The van der Waals surface area contributed by atoms with E-state index in [0.29, 0.717) is 19.1 Å². The number of para-hydroxylation sites is 1. The third-order valence-electron chi connectivity index (χ3n) is 4.04. The number of benzene rings is 2. The van der Waals surface area contributed by atoms with Gasteiger partial charge >= 0.3 is 0 Å². The predicted octanol–water partition coefficient (Wildman–Crippen LogP) is 3.72. The lowest BCUT2D eigenvalue weighted by atomic mass is 10.2. The minimum absolute atomic E-state index is 0.00236. The van der Waals surface area contributed by atoms with E-state index in [0.717, 1.165) is 24.4 Å². The van der Waals surface area contributed by atoms with E-state index >= 15 is 0 Å². The normalized spacial score (nSPS) is 13.0. The zero-order chi connectivity index (χ0) is 16.9. The van der Waals surface area contributed by atoms with E-state index in [9.17, 15) is 4.79 Å². The van der Waals surface area contributed by atoms with Crippen molar-refractivity contribution in [2.45, 2.75) is 20.3 Å². The van der Waals surface area contributed by atoms with Gasteiger partial charge in [0.25, 0.3) is 0 Å². The van der Waals surface area contributed by atoms with Gasteiger partial charge in [0.1, 0.15) is 5.75 Å². The lowest BCUT2D eigenvalue weighted by Gasteiger charge is -2.18. The Balaban J connectivity index is 1.54. The topological polar surface area (TPSA) is 41.6 Å². The SMILES string of the molecule is CC(C)COc1ccc(NC(=O)CN2CCc3ccccc32)cc1. The molecular formula is C20H24N2O2. The fourth-order valence-electron chi connectivity index (χ4n) is 2.84. The molecule has 0 aromatic heterocycles. The first-order valence-electron chi connectivity index (χ1n) is 8.47. The molecule has 1 aliphatic heterocycles. The number of ether oxygens (including phenoxy) is 1. The summed E-state index contributed by atoms with van der Waals surface area (Å²) < 4.78 is 5.65. The van der Waals surface area contributed by atoms with Gasteiger partial charge in [-0.05, 0) is 48.2 Å². The van der Waals surface area contributed by atoms with E-state index in [2.05, 4.69) is 36.2 Å². The number of carbonyl (C=O) groups is 1. The van der Waals surface area contributed by atoms with Gasteiger partial charge in [0.15, 0.2) is 0 Å². The van der Waals surface area contributed by atoms with Crippen molar-refractivity contribution >= 4 is 17.3 Å². The number of fused-ring (bicyclic) bond motifs is 1. The molecule has 4 heteroatoms. The molecule has 126 valence electrons. The second-order valence-electron chi connectivity index (χ2n) is 6.58. The van der Waals surface area contributed by atoms with E-state index in [1.54, 1.807) is 0 Å². The Morgan fingerprint density at radius 2 is 1.92 bits per heavy atom. The van der Waals surface area contributed by atoms with Gasteiger partial charge in [0.2, 0.25) is 5.91 Å². The van der Waals surface area contributed by atoms with Crippen LogP contribution in [0.25, 0.3) is 0 Å². The monoisotopic (exact) mass is 324 g/mol. The van der Waals surface area contributed by atoms with Crippen LogP contribution in [0, 0.1) is 5.92 Å². The molecule has 1 heterocycles. The Kier molecular flexibility index (Phi) is 5.04. The van der Waals surface area contributed by atoms with Gasteiger partial charge in [-0.1, -0.05) is 32.0 Å². The molecule has 0 unspecified atom stereocenters. The molecule has 0 bridgehead atoms. The first kappa shape index (κ1) is 16.4. The number of nitrogens with zero attached hydrogens (tertiary/aromatic N) is 1. The Morgan fingerprint density at radius 1 is 1.17 bits per heavy atom. The molecule has 0 spiro atoms. The van der Waals surface area contributed by atoms with Crippen LogP contribution in [0.4, 0.5) is 11.4 Å². The van der Waals surface area contributed by atoms with Gasteiger partial charge in [0, 0.05) is 17.9 Å². The smallest absolute Gasteiger partial charge is 0.243 e. The third kappa shape index (κ3) is 4.07. The van der Waals surface area contributed by atoms with Crippen molar-refractivity contribution in [1.29, 1.82) is 0 Å². The zero-order valence-electron chi connectivity index (χ0n) is 14.3. The average Bonchev–Trinajstić information content (AvgIpc) is 2.97. The number of amides is 1. The Bertz CT molecular complexity index is 695. The molecule has 1 amide bonds. The summed E-state index contributed by atoms with van der Waals surface area (Å²) in [6.07, 6.45) is 1.01. The van der Waals surface area contributed by atoms with Gasteiger partial charge in [-0.3, -0.25) is 4.79 Å². The second-order valence-corrected chi connectivity index (χ2v) is 6.58. The maximum absolute atomic E-state index is 12.3. The molecule has 24 heavy (non-hydrogen) atoms. The fourth-order valence-corrected chi connectivity index (χ4v) is 2.84. The molecule has 0 radical (unpaired) electrons. The van der Waals surface area contributed by atoms with Crippen LogP contribution in [-0.4, -0.2) is 25.6 Å². The number of nitrogens with one attached hydrogen (secondary N) is 1. The molecule has 2 aromatic carbocycles. The highest BCUT2D eigenvalue weighted by molar-refractivity contribution is 5.94.